The van der Waals surface area contributed by atoms with E-state index in [1.165, 1.54) is 0 Å². The van der Waals surface area contributed by atoms with E-state index >= 15 is 0 Å². The molecule has 0 spiro atoms. The van der Waals surface area contributed by atoms with E-state index in [0.717, 1.165) is 48.9 Å². The van der Waals surface area contributed by atoms with Crippen LogP contribution in [0.25, 0.3) is 28.0 Å². The lowest BCUT2D eigenvalue weighted by Gasteiger charge is -2.07. The third kappa shape index (κ3) is 2.96. The van der Waals surface area contributed by atoms with Crippen LogP contribution in [0.2, 0.25) is 5.02 Å². The van der Waals surface area contributed by atoms with Crippen molar-refractivity contribution in [2.24, 2.45) is 0 Å². The van der Waals surface area contributed by atoms with E-state index in [1.54, 1.807) is 0 Å². The van der Waals surface area contributed by atoms with Crippen LogP contribution in [0.5, 0.6) is 0 Å². The van der Waals surface area contributed by atoms with E-state index < -0.39 is 0 Å². The molecule has 0 aliphatic rings. The molecule has 0 N–H and O–H groups in total. The van der Waals surface area contributed by atoms with Crippen molar-refractivity contribution in [2.45, 2.75) is 13.8 Å². The second-order valence-electron chi connectivity index (χ2n) is 5.99. The highest BCUT2D eigenvalue weighted by Crippen LogP contribution is 2.31. The highest BCUT2D eigenvalue weighted by atomic mass is 79.9. The van der Waals surface area contributed by atoms with Crippen LogP contribution in [-0.2, 0) is 0 Å². The summed E-state index contributed by atoms with van der Waals surface area (Å²) < 4.78 is 2.98. The van der Waals surface area contributed by atoms with Gasteiger partial charge in [-0.1, -0.05) is 51.8 Å². The van der Waals surface area contributed by atoms with E-state index in [4.69, 9.17) is 21.7 Å². The van der Waals surface area contributed by atoms with Crippen LogP contribution < -0.4 is 0 Å². The maximum absolute atomic E-state index is 6.03. The molecular formula is C20H15BrClN3. The molecule has 2 heterocycles. The SMILES string of the molecule is Cc1cc(-c2ccc(Br)cc2)n2nc(C)c(-c3ccc(Cl)cc3)c2n1. The van der Waals surface area contributed by atoms with Gasteiger partial charge in [0, 0.05) is 26.3 Å². The molecule has 4 aromatic rings. The minimum absolute atomic E-state index is 0.720. The van der Waals surface area contributed by atoms with Gasteiger partial charge < -0.3 is 0 Å². The van der Waals surface area contributed by atoms with Gasteiger partial charge in [0.05, 0.1) is 11.4 Å². The average Bonchev–Trinajstić information content (AvgIpc) is 2.92. The molecule has 3 nitrogen and oxygen atoms in total. The maximum Gasteiger partial charge on any atom is 0.164 e. The summed E-state index contributed by atoms with van der Waals surface area (Å²) in [7, 11) is 0. The Morgan fingerprint density at radius 1 is 0.920 bits per heavy atom. The molecular weight excluding hydrogens is 398 g/mol. The van der Waals surface area contributed by atoms with Gasteiger partial charge in [-0.15, -0.1) is 0 Å². The Hall–Kier alpha value is -2.17. The molecule has 0 radical (unpaired) electrons. The molecule has 0 bridgehead atoms. The Labute approximate surface area is 159 Å². The number of halogens is 2. The van der Waals surface area contributed by atoms with Crippen LogP contribution in [0.15, 0.2) is 59.1 Å². The number of rotatable bonds is 2. The summed E-state index contributed by atoms with van der Waals surface area (Å²) in [5.74, 6) is 0. The summed E-state index contributed by atoms with van der Waals surface area (Å²) >= 11 is 9.52. The van der Waals surface area contributed by atoms with E-state index in [1.807, 2.05) is 54.8 Å². The van der Waals surface area contributed by atoms with E-state index in [9.17, 15) is 0 Å². The summed E-state index contributed by atoms with van der Waals surface area (Å²) in [5.41, 5.74) is 7.00. The first-order valence-electron chi connectivity index (χ1n) is 7.92. The molecule has 0 aliphatic heterocycles. The molecule has 2 aromatic heterocycles. The standard InChI is InChI=1S/C20H15BrClN3/c1-12-11-18(14-3-7-16(21)8-4-14)25-20(23-12)19(13(2)24-25)15-5-9-17(22)10-6-15/h3-11H,1-2H3. The zero-order valence-electron chi connectivity index (χ0n) is 13.8. The Bertz CT molecular complexity index is 1070. The quantitative estimate of drug-likeness (QED) is 0.398. The Balaban J connectivity index is 2.00. The number of aromatic nitrogens is 3. The number of hydrogen-bond acceptors (Lipinski definition) is 2. The molecule has 4 rings (SSSR count). The molecule has 5 heteroatoms. The fourth-order valence-corrected chi connectivity index (χ4v) is 3.42. The number of fused-ring (bicyclic) bond motifs is 1. The molecule has 0 unspecified atom stereocenters. The number of nitrogens with zero attached hydrogens (tertiary/aromatic N) is 3. The lowest BCUT2D eigenvalue weighted by Crippen LogP contribution is -1.98. The zero-order chi connectivity index (χ0) is 17.6. The van der Waals surface area contributed by atoms with E-state index in [-0.39, 0.29) is 0 Å². The maximum atomic E-state index is 6.03. The predicted octanol–water partition coefficient (Wildman–Crippen LogP) is 6.10. The summed E-state index contributed by atoms with van der Waals surface area (Å²) in [5, 5.41) is 5.48. The average molecular weight is 413 g/mol. The van der Waals surface area contributed by atoms with Crippen molar-refractivity contribution in [1.29, 1.82) is 0 Å². The third-order valence-electron chi connectivity index (χ3n) is 4.16. The van der Waals surface area contributed by atoms with E-state index in [0.29, 0.717) is 0 Å². The highest BCUT2D eigenvalue weighted by Gasteiger charge is 2.16. The monoisotopic (exact) mass is 411 g/mol. The van der Waals surface area contributed by atoms with Gasteiger partial charge in [-0.25, -0.2) is 9.50 Å². The Morgan fingerprint density at radius 3 is 2.24 bits per heavy atom. The molecule has 0 fully saturated rings. The molecule has 0 amide bonds. The molecule has 0 atom stereocenters. The largest absolute Gasteiger partial charge is 0.233 e. The summed E-state index contributed by atoms with van der Waals surface area (Å²) in [6.07, 6.45) is 0. The van der Waals surface area contributed by atoms with Crippen LogP contribution in [0.3, 0.4) is 0 Å². The second kappa shape index (κ2) is 6.28. The number of benzene rings is 2. The fourth-order valence-electron chi connectivity index (χ4n) is 3.03. The molecule has 0 saturated carbocycles. The zero-order valence-corrected chi connectivity index (χ0v) is 16.1. The first-order chi connectivity index (χ1) is 12.0. The van der Waals surface area contributed by atoms with Crippen molar-refractivity contribution in [3.8, 4) is 22.4 Å². The fraction of sp³-hybridized carbons (Fsp3) is 0.100. The van der Waals surface area contributed by atoms with Crippen LogP contribution in [-0.4, -0.2) is 14.6 Å². The van der Waals surface area contributed by atoms with Crippen LogP contribution >= 0.6 is 27.5 Å². The van der Waals surface area contributed by atoms with Gasteiger partial charge in [0.1, 0.15) is 0 Å². The second-order valence-corrected chi connectivity index (χ2v) is 7.34. The van der Waals surface area contributed by atoms with Gasteiger partial charge in [-0.2, -0.15) is 5.10 Å². The minimum atomic E-state index is 0.720. The smallest absolute Gasteiger partial charge is 0.164 e. The van der Waals surface area contributed by atoms with Gasteiger partial charge in [0.15, 0.2) is 5.65 Å². The molecule has 0 saturated heterocycles. The van der Waals surface area contributed by atoms with Gasteiger partial charge in [0.25, 0.3) is 0 Å². The lowest BCUT2D eigenvalue weighted by atomic mass is 10.1. The number of aryl methyl sites for hydroxylation is 2. The van der Waals surface area contributed by atoms with Crippen LogP contribution in [0, 0.1) is 13.8 Å². The summed E-state index contributed by atoms with van der Waals surface area (Å²) in [4.78, 5) is 4.76. The van der Waals surface area contributed by atoms with Crippen molar-refractivity contribution in [3.63, 3.8) is 0 Å². The Kier molecular flexibility index (Phi) is 4.10. The lowest BCUT2D eigenvalue weighted by molar-refractivity contribution is 0.917. The van der Waals surface area contributed by atoms with Crippen molar-refractivity contribution in [2.75, 3.05) is 0 Å². The first-order valence-corrected chi connectivity index (χ1v) is 9.09. The molecule has 0 aliphatic carbocycles. The van der Waals surface area contributed by atoms with Gasteiger partial charge in [-0.3, -0.25) is 0 Å². The summed E-state index contributed by atoms with van der Waals surface area (Å²) in [6, 6.07) is 18.1. The van der Waals surface area contributed by atoms with Gasteiger partial charge in [0.2, 0.25) is 0 Å². The highest BCUT2D eigenvalue weighted by molar-refractivity contribution is 9.10. The topological polar surface area (TPSA) is 30.2 Å². The van der Waals surface area contributed by atoms with Crippen LogP contribution in [0.4, 0.5) is 0 Å². The number of hydrogen-bond donors (Lipinski definition) is 0. The van der Waals surface area contributed by atoms with E-state index in [2.05, 4.69) is 34.1 Å². The first kappa shape index (κ1) is 16.3. The van der Waals surface area contributed by atoms with Crippen molar-refractivity contribution < 1.29 is 0 Å². The van der Waals surface area contributed by atoms with Crippen molar-refractivity contribution >= 4 is 33.2 Å². The third-order valence-corrected chi connectivity index (χ3v) is 4.95. The Morgan fingerprint density at radius 2 is 1.56 bits per heavy atom. The van der Waals surface area contributed by atoms with Crippen molar-refractivity contribution in [3.05, 3.63) is 75.5 Å². The molecule has 25 heavy (non-hydrogen) atoms. The molecule has 124 valence electrons. The van der Waals surface area contributed by atoms with Crippen molar-refractivity contribution in [1.82, 2.24) is 14.6 Å². The summed E-state index contributed by atoms with van der Waals surface area (Å²) in [6.45, 7) is 4.02. The molecule has 2 aromatic carbocycles. The minimum Gasteiger partial charge on any atom is -0.233 e. The normalized spacial score (nSPS) is 11.2. The van der Waals surface area contributed by atoms with Crippen LogP contribution in [0.1, 0.15) is 11.4 Å². The van der Waals surface area contributed by atoms with Gasteiger partial charge in [-0.05, 0) is 49.7 Å². The predicted molar refractivity (Wildman–Crippen MR) is 106 cm³/mol. The van der Waals surface area contributed by atoms with Gasteiger partial charge >= 0.3 is 0 Å².